The summed E-state index contributed by atoms with van der Waals surface area (Å²) >= 11 is 0. The Hall–Kier alpha value is -3.28. The number of amides is 1. The molecule has 1 fully saturated rings. The van der Waals surface area contributed by atoms with Gasteiger partial charge in [0.1, 0.15) is 0 Å². The van der Waals surface area contributed by atoms with Crippen molar-refractivity contribution in [2.24, 2.45) is 5.92 Å². The van der Waals surface area contributed by atoms with E-state index in [1.54, 1.807) is 0 Å². The molecular formula is C20H19F3N4O4S. The van der Waals surface area contributed by atoms with E-state index < -0.39 is 33.7 Å². The Morgan fingerprint density at radius 3 is 2.44 bits per heavy atom. The van der Waals surface area contributed by atoms with Gasteiger partial charge in [-0.1, -0.05) is 0 Å². The summed E-state index contributed by atoms with van der Waals surface area (Å²) in [5, 5.41) is 0. The standard InChI is InChI=1S/C20H19F3N4O4S/c21-20(22,23)13-2-1-9-27(11-13)18(28)12-3-5-14(6-4-12)26-32(30,31)15-7-8-16-17(10-15)25-19(29)24-16/h3-8,10,13,26H,1-2,9,11H2,(H2,24,25,29)/t13-/m1/s1. The second-order valence-corrected chi connectivity index (χ2v) is 9.28. The van der Waals surface area contributed by atoms with Crippen LogP contribution in [-0.4, -0.2) is 48.5 Å². The minimum Gasteiger partial charge on any atom is -0.338 e. The van der Waals surface area contributed by atoms with Crippen LogP contribution in [0.5, 0.6) is 0 Å². The number of H-pyrrole nitrogens is 2. The molecule has 32 heavy (non-hydrogen) atoms. The quantitative estimate of drug-likeness (QED) is 0.546. The third-order valence-corrected chi connectivity index (χ3v) is 6.73. The fourth-order valence-electron chi connectivity index (χ4n) is 3.69. The number of hydrogen-bond donors (Lipinski definition) is 3. The number of aromatic amines is 2. The maximum absolute atomic E-state index is 13.0. The lowest BCUT2D eigenvalue weighted by Crippen LogP contribution is -2.44. The van der Waals surface area contributed by atoms with Gasteiger partial charge in [0, 0.05) is 24.3 Å². The van der Waals surface area contributed by atoms with Crippen LogP contribution in [0, 0.1) is 5.92 Å². The van der Waals surface area contributed by atoms with E-state index in [1.807, 2.05) is 0 Å². The number of carbonyl (C=O) groups is 1. The van der Waals surface area contributed by atoms with Crippen molar-refractivity contribution in [3.8, 4) is 0 Å². The van der Waals surface area contributed by atoms with Gasteiger partial charge in [-0.05, 0) is 55.3 Å². The first kappa shape index (κ1) is 21.9. The van der Waals surface area contributed by atoms with Crippen molar-refractivity contribution in [3.05, 3.63) is 58.5 Å². The zero-order chi connectivity index (χ0) is 23.1. The van der Waals surface area contributed by atoms with Crippen molar-refractivity contribution in [2.75, 3.05) is 17.8 Å². The summed E-state index contributed by atoms with van der Waals surface area (Å²) in [5.41, 5.74) is 0.677. The summed E-state index contributed by atoms with van der Waals surface area (Å²) in [7, 11) is -3.98. The molecule has 4 rings (SSSR count). The molecule has 0 aliphatic carbocycles. The Kier molecular flexibility index (Phi) is 5.49. The first-order valence-corrected chi connectivity index (χ1v) is 11.2. The molecule has 170 valence electrons. The molecule has 8 nitrogen and oxygen atoms in total. The molecule has 0 saturated carbocycles. The minimum absolute atomic E-state index is 0.00354. The number of nitrogens with zero attached hydrogens (tertiary/aromatic N) is 1. The average Bonchev–Trinajstić information content (AvgIpc) is 3.12. The molecule has 1 amide bonds. The van der Waals surface area contributed by atoms with E-state index in [0.717, 1.165) is 0 Å². The number of carbonyl (C=O) groups excluding carboxylic acids is 1. The van der Waals surface area contributed by atoms with Crippen LogP contribution in [0.2, 0.25) is 0 Å². The predicted octanol–water partition coefficient (Wildman–Crippen LogP) is 3.07. The number of nitrogens with one attached hydrogen (secondary N) is 3. The van der Waals surface area contributed by atoms with Crippen LogP contribution in [0.3, 0.4) is 0 Å². The molecule has 2 aromatic carbocycles. The Morgan fingerprint density at radius 1 is 1.06 bits per heavy atom. The lowest BCUT2D eigenvalue weighted by molar-refractivity contribution is -0.184. The highest BCUT2D eigenvalue weighted by atomic mass is 32.2. The number of likely N-dealkylation sites (tertiary alicyclic amines) is 1. The number of halogens is 3. The van der Waals surface area contributed by atoms with Crippen LogP contribution in [0.15, 0.2) is 52.2 Å². The zero-order valence-corrected chi connectivity index (χ0v) is 17.4. The Bertz CT molecular complexity index is 1310. The number of sulfonamides is 1. The molecule has 1 aliphatic heterocycles. The Morgan fingerprint density at radius 2 is 1.75 bits per heavy atom. The maximum atomic E-state index is 13.0. The fraction of sp³-hybridized carbons (Fsp3) is 0.300. The van der Waals surface area contributed by atoms with Gasteiger partial charge in [-0.15, -0.1) is 0 Å². The van der Waals surface area contributed by atoms with Gasteiger partial charge in [-0.25, -0.2) is 13.2 Å². The monoisotopic (exact) mass is 468 g/mol. The maximum Gasteiger partial charge on any atom is 0.393 e. The van der Waals surface area contributed by atoms with Gasteiger partial charge >= 0.3 is 11.9 Å². The fourth-order valence-corrected chi connectivity index (χ4v) is 4.77. The van der Waals surface area contributed by atoms with Gasteiger partial charge in [-0.3, -0.25) is 9.52 Å². The van der Waals surface area contributed by atoms with Crippen LogP contribution in [0.4, 0.5) is 18.9 Å². The molecule has 3 N–H and O–H groups in total. The lowest BCUT2D eigenvalue weighted by atomic mass is 9.97. The minimum atomic E-state index is -4.35. The highest BCUT2D eigenvalue weighted by Crippen LogP contribution is 2.33. The molecule has 0 radical (unpaired) electrons. The van der Waals surface area contributed by atoms with Crippen molar-refractivity contribution in [3.63, 3.8) is 0 Å². The number of rotatable bonds is 4. The molecule has 0 unspecified atom stereocenters. The molecule has 1 saturated heterocycles. The van der Waals surface area contributed by atoms with E-state index in [1.165, 1.54) is 47.4 Å². The number of benzene rings is 2. The van der Waals surface area contributed by atoms with Crippen molar-refractivity contribution in [1.82, 2.24) is 14.9 Å². The predicted molar refractivity (Wildman–Crippen MR) is 111 cm³/mol. The zero-order valence-electron chi connectivity index (χ0n) is 16.6. The second-order valence-electron chi connectivity index (χ2n) is 7.60. The van der Waals surface area contributed by atoms with Gasteiger partial charge in [-0.2, -0.15) is 13.2 Å². The van der Waals surface area contributed by atoms with Crippen molar-refractivity contribution >= 4 is 32.7 Å². The Labute approximate surface area is 180 Å². The van der Waals surface area contributed by atoms with E-state index in [2.05, 4.69) is 14.7 Å². The largest absolute Gasteiger partial charge is 0.393 e. The molecule has 1 aliphatic rings. The summed E-state index contributed by atoms with van der Waals surface area (Å²) in [6.45, 7) is -0.149. The number of imidazole rings is 1. The average molecular weight is 468 g/mol. The Balaban J connectivity index is 1.48. The first-order chi connectivity index (χ1) is 15.0. The third kappa shape index (κ3) is 4.49. The van der Waals surface area contributed by atoms with Gasteiger partial charge in [0.2, 0.25) is 0 Å². The summed E-state index contributed by atoms with van der Waals surface area (Å²) in [5.74, 6) is -2.08. The third-order valence-electron chi connectivity index (χ3n) is 5.35. The smallest absolute Gasteiger partial charge is 0.338 e. The number of alkyl halides is 3. The van der Waals surface area contributed by atoms with Gasteiger partial charge in [0.05, 0.1) is 21.8 Å². The molecular weight excluding hydrogens is 449 g/mol. The molecule has 1 aromatic heterocycles. The highest BCUT2D eigenvalue weighted by molar-refractivity contribution is 7.92. The van der Waals surface area contributed by atoms with Crippen molar-refractivity contribution in [1.29, 1.82) is 0 Å². The number of hydrogen-bond acceptors (Lipinski definition) is 4. The number of fused-ring (bicyclic) bond motifs is 1. The van der Waals surface area contributed by atoms with Crippen LogP contribution >= 0.6 is 0 Å². The van der Waals surface area contributed by atoms with Crippen molar-refractivity contribution < 1.29 is 26.4 Å². The first-order valence-electron chi connectivity index (χ1n) is 9.74. The molecule has 2 heterocycles. The normalized spacial score (nSPS) is 17.5. The molecule has 12 heteroatoms. The van der Waals surface area contributed by atoms with Crippen LogP contribution in [0.25, 0.3) is 11.0 Å². The number of anilines is 1. The van der Waals surface area contributed by atoms with E-state index in [-0.39, 0.29) is 42.1 Å². The summed E-state index contributed by atoms with van der Waals surface area (Å²) in [6.07, 6.45) is -4.08. The summed E-state index contributed by atoms with van der Waals surface area (Å²) in [6, 6.07) is 9.56. The van der Waals surface area contributed by atoms with Gasteiger partial charge in [0.25, 0.3) is 15.9 Å². The summed E-state index contributed by atoms with van der Waals surface area (Å²) < 4.78 is 66.7. The second kappa shape index (κ2) is 8.01. The molecule has 1 atom stereocenters. The number of piperidine rings is 1. The van der Waals surface area contributed by atoms with Gasteiger partial charge in [0.15, 0.2) is 0 Å². The van der Waals surface area contributed by atoms with Crippen LogP contribution in [-0.2, 0) is 10.0 Å². The number of aromatic nitrogens is 2. The molecule has 3 aromatic rings. The SMILES string of the molecule is O=C(c1ccc(NS(=O)(=O)c2ccc3[nH]c(=O)[nH]c3c2)cc1)N1CCC[C@@H](C(F)(F)F)C1. The lowest BCUT2D eigenvalue weighted by Gasteiger charge is -2.33. The molecule has 0 spiro atoms. The van der Waals surface area contributed by atoms with E-state index >= 15 is 0 Å². The van der Waals surface area contributed by atoms with Crippen molar-refractivity contribution in [2.45, 2.75) is 23.9 Å². The topological polar surface area (TPSA) is 115 Å². The van der Waals surface area contributed by atoms with Crippen LogP contribution < -0.4 is 10.4 Å². The molecule has 0 bridgehead atoms. The summed E-state index contributed by atoms with van der Waals surface area (Å²) in [4.78, 5) is 30.0. The van der Waals surface area contributed by atoms with E-state index in [4.69, 9.17) is 0 Å². The van der Waals surface area contributed by atoms with Crippen LogP contribution in [0.1, 0.15) is 23.2 Å². The van der Waals surface area contributed by atoms with E-state index in [0.29, 0.717) is 11.0 Å². The van der Waals surface area contributed by atoms with Gasteiger partial charge < -0.3 is 14.9 Å². The van der Waals surface area contributed by atoms with E-state index in [9.17, 15) is 31.2 Å². The highest BCUT2D eigenvalue weighted by Gasteiger charge is 2.42.